The van der Waals surface area contributed by atoms with Crippen LogP contribution in [0.5, 0.6) is 11.5 Å². The van der Waals surface area contributed by atoms with Crippen LogP contribution in [0.3, 0.4) is 0 Å². The third kappa shape index (κ3) is 2.17. The summed E-state index contributed by atoms with van der Waals surface area (Å²) in [6, 6.07) is 5.94. The number of hydrogen-bond acceptors (Lipinski definition) is 6. The molecule has 1 N–H and O–H groups in total. The van der Waals surface area contributed by atoms with E-state index in [-0.39, 0.29) is 6.79 Å². The number of rotatable bonds is 3. The van der Waals surface area contributed by atoms with Crippen molar-refractivity contribution in [2.24, 2.45) is 0 Å². The number of nitrogens with one attached hydrogen (secondary N) is 1. The summed E-state index contributed by atoms with van der Waals surface area (Å²) in [4.78, 5) is 9.92. The Labute approximate surface area is 125 Å². The molecule has 0 aliphatic carbocycles. The number of aryl methyl sites for hydroxylation is 1. The van der Waals surface area contributed by atoms with Gasteiger partial charge in [-0.1, -0.05) is 0 Å². The first-order chi connectivity index (χ1) is 10.3. The van der Waals surface area contributed by atoms with Crippen LogP contribution in [0.2, 0.25) is 0 Å². The van der Waals surface area contributed by atoms with E-state index in [9.17, 15) is 0 Å². The van der Waals surface area contributed by atoms with Gasteiger partial charge in [-0.3, -0.25) is 0 Å². The molecular weight excluding hydrogens is 286 g/mol. The van der Waals surface area contributed by atoms with Gasteiger partial charge in [0, 0.05) is 16.5 Å². The quantitative estimate of drug-likeness (QED) is 0.804. The highest BCUT2D eigenvalue weighted by Gasteiger charge is 2.16. The minimum Gasteiger partial charge on any atom is -0.454 e. The first-order valence-electron chi connectivity index (χ1n) is 6.62. The van der Waals surface area contributed by atoms with Crippen molar-refractivity contribution in [3.05, 3.63) is 40.5 Å². The summed E-state index contributed by atoms with van der Waals surface area (Å²) in [5.41, 5.74) is 2.92. The Kier molecular flexibility index (Phi) is 2.89. The molecule has 6 heteroatoms. The molecule has 0 spiro atoms. The lowest BCUT2D eigenvalue weighted by molar-refractivity contribution is 0.174. The van der Waals surface area contributed by atoms with E-state index >= 15 is 0 Å². The van der Waals surface area contributed by atoms with Gasteiger partial charge in [0.25, 0.3) is 0 Å². The third-order valence-corrected chi connectivity index (χ3v) is 4.45. The summed E-state index contributed by atoms with van der Waals surface area (Å²) in [6.45, 7) is 3.01. The number of fused-ring (bicyclic) bond motifs is 2. The van der Waals surface area contributed by atoms with Crippen molar-refractivity contribution in [3.8, 4) is 11.5 Å². The molecule has 1 aliphatic heterocycles. The van der Waals surface area contributed by atoms with Gasteiger partial charge >= 0.3 is 0 Å². The number of pyridine rings is 1. The van der Waals surface area contributed by atoms with Crippen LogP contribution in [0.15, 0.2) is 29.9 Å². The number of benzene rings is 1. The van der Waals surface area contributed by atoms with Crippen molar-refractivity contribution in [2.75, 3.05) is 12.1 Å². The van der Waals surface area contributed by atoms with Crippen molar-refractivity contribution in [1.29, 1.82) is 0 Å². The summed E-state index contributed by atoms with van der Waals surface area (Å²) >= 11 is 1.65. The maximum absolute atomic E-state index is 5.45. The van der Waals surface area contributed by atoms with E-state index in [1.807, 2.05) is 30.6 Å². The van der Waals surface area contributed by atoms with Gasteiger partial charge in [-0.15, -0.1) is 11.3 Å². The van der Waals surface area contributed by atoms with Gasteiger partial charge in [0.1, 0.15) is 5.82 Å². The van der Waals surface area contributed by atoms with Gasteiger partial charge in [-0.05, 0) is 30.5 Å². The minimum atomic E-state index is 0.280. The van der Waals surface area contributed by atoms with Crippen LogP contribution in [0.25, 0.3) is 10.8 Å². The SMILES string of the molecule is Cc1ncsc1CNc1nccc2cc3c(cc12)OCO3. The monoisotopic (exact) mass is 299 g/mol. The van der Waals surface area contributed by atoms with Crippen LogP contribution in [-0.4, -0.2) is 16.8 Å². The molecule has 0 saturated carbocycles. The Balaban J connectivity index is 1.70. The molecule has 0 unspecified atom stereocenters. The maximum atomic E-state index is 5.45. The number of thiazole rings is 1. The van der Waals surface area contributed by atoms with E-state index in [1.54, 1.807) is 17.5 Å². The zero-order valence-electron chi connectivity index (χ0n) is 11.4. The molecule has 5 nitrogen and oxygen atoms in total. The van der Waals surface area contributed by atoms with Crippen LogP contribution < -0.4 is 14.8 Å². The molecule has 21 heavy (non-hydrogen) atoms. The molecule has 4 rings (SSSR count). The first kappa shape index (κ1) is 12.4. The topological polar surface area (TPSA) is 56.3 Å². The van der Waals surface area contributed by atoms with Crippen molar-refractivity contribution < 1.29 is 9.47 Å². The van der Waals surface area contributed by atoms with Crippen molar-refractivity contribution in [2.45, 2.75) is 13.5 Å². The molecule has 1 aromatic carbocycles. The Morgan fingerprint density at radius 1 is 1.24 bits per heavy atom. The van der Waals surface area contributed by atoms with Gasteiger partial charge < -0.3 is 14.8 Å². The van der Waals surface area contributed by atoms with Crippen LogP contribution in [0.4, 0.5) is 5.82 Å². The first-order valence-corrected chi connectivity index (χ1v) is 7.50. The second-order valence-electron chi connectivity index (χ2n) is 4.80. The summed E-state index contributed by atoms with van der Waals surface area (Å²) in [5, 5.41) is 5.50. The maximum Gasteiger partial charge on any atom is 0.231 e. The minimum absolute atomic E-state index is 0.280. The molecule has 3 aromatic rings. The molecular formula is C15H13N3O2S. The molecule has 0 radical (unpaired) electrons. The van der Waals surface area contributed by atoms with Gasteiger partial charge in [0.2, 0.25) is 6.79 Å². The highest BCUT2D eigenvalue weighted by molar-refractivity contribution is 7.09. The van der Waals surface area contributed by atoms with Crippen LogP contribution in [0.1, 0.15) is 10.6 Å². The average molecular weight is 299 g/mol. The lowest BCUT2D eigenvalue weighted by Crippen LogP contribution is -2.01. The normalized spacial score (nSPS) is 12.8. The third-order valence-electron chi connectivity index (χ3n) is 3.52. The second kappa shape index (κ2) is 4.89. The zero-order chi connectivity index (χ0) is 14.2. The molecule has 0 atom stereocenters. The predicted molar refractivity (Wildman–Crippen MR) is 82.0 cm³/mol. The second-order valence-corrected chi connectivity index (χ2v) is 5.74. The smallest absolute Gasteiger partial charge is 0.231 e. The highest BCUT2D eigenvalue weighted by Crippen LogP contribution is 2.37. The van der Waals surface area contributed by atoms with E-state index in [4.69, 9.17) is 9.47 Å². The summed E-state index contributed by atoms with van der Waals surface area (Å²) < 4.78 is 10.9. The van der Waals surface area contributed by atoms with Gasteiger partial charge in [0.15, 0.2) is 11.5 Å². The predicted octanol–water partition coefficient (Wildman–Crippen LogP) is 3.34. The molecule has 3 heterocycles. The van der Waals surface area contributed by atoms with Crippen molar-refractivity contribution in [1.82, 2.24) is 9.97 Å². The summed E-state index contributed by atoms with van der Waals surface area (Å²) in [7, 11) is 0. The van der Waals surface area contributed by atoms with Crippen molar-refractivity contribution >= 4 is 27.9 Å². The fourth-order valence-electron chi connectivity index (χ4n) is 2.36. The van der Waals surface area contributed by atoms with E-state index in [0.717, 1.165) is 40.3 Å². The molecule has 0 fully saturated rings. The number of ether oxygens (including phenoxy) is 2. The van der Waals surface area contributed by atoms with Crippen molar-refractivity contribution in [3.63, 3.8) is 0 Å². The van der Waals surface area contributed by atoms with Gasteiger partial charge in [0.05, 0.1) is 17.7 Å². The summed E-state index contributed by atoms with van der Waals surface area (Å²) in [6.07, 6.45) is 1.80. The average Bonchev–Trinajstić information content (AvgIpc) is 3.11. The molecule has 106 valence electrons. The van der Waals surface area contributed by atoms with E-state index in [2.05, 4.69) is 15.3 Å². The summed E-state index contributed by atoms with van der Waals surface area (Å²) in [5.74, 6) is 2.41. The lowest BCUT2D eigenvalue weighted by Gasteiger charge is -2.09. The fourth-order valence-corrected chi connectivity index (χ4v) is 3.08. The Morgan fingerprint density at radius 2 is 2.10 bits per heavy atom. The Hall–Kier alpha value is -2.34. The van der Waals surface area contributed by atoms with E-state index in [0.29, 0.717) is 0 Å². The number of anilines is 1. The zero-order valence-corrected chi connectivity index (χ0v) is 12.2. The lowest BCUT2D eigenvalue weighted by atomic mass is 10.1. The Morgan fingerprint density at radius 3 is 2.90 bits per heavy atom. The number of hydrogen-bond donors (Lipinski definition) is 1. The highest BCUT2D eigenvalue weighted by atomic mass is 32.1. The van der Waals surface area contributed by atoms with Gasteiger partial charge in [-0.25, -0.2) is 9.97 Å². The fraction of sp³-hybridized carbons (Fsp3) is 0.200. The standard InChI is InChI=1S/C15H13N3O2S/c1-9-14(21-7-18-9)6-17-15-11-5-13-12(19-8-20-13)4-10(11)2-3-16-15/h2-5,7H,6,8H2,1H3,(H,16,17). The molecule has 0 saturated heterocycles. The molecule has 1 aliphatic rings. The largest absolute Gasteiger partial charge is 0.454 e. The Bertz CT molecular complexity index is 816. The van der Waals surface area contributed by atoms with E-state index in [1.165, 1.54) is 4.88 Å². The van der Waals surface area contributed by atoms with Crippen LogP contribution >= 0.6 is 11.3 Å². The number of nitrogens with zero attached hydrogens (tertiary/aromatic N) is 2. The molecule has 0 amide bonds. The van der Waals surface area contributed by atoms with Gasteiger partial charge in [-0.2, -0.15) is 0 Å². The number of aromatic nitrogens is 2. The van der Waals surface area contributed by atoms with Crippen LogP contribution in [-0.2, 0) is 6.54 Å². The van der Waals surface area contributed by atoms with Crippen LogP contribution in [0, 0.1) is 6.92 Å². The molecule has 0 bridgehead atoms. The van der Waals surface area contributed by atoms with E-state index < -0.39 is 0 Å². The molecule has 2 aromatic heterocycles.